The van der Waals surface area contributed by atoms with E-state index < -0.39 is 7.82 Å². The second-order valence-corrected chi connectivity index (χ2v) is 6.34. The molecule has 0 aliphatic carbocycles. The Kier molecular flexibility index (Phi) is 2.39. The number of phosphoric ester groups is 1. The summed E-state index contributed by atoms with van der Waals surface area (Å²) < 4.78 is 28.0. The molecule has 0 radical (unpaired) electrons. The zero-order valence-electron chi connectivity index (χ0n) is 11.0. The Balaban J connectivity index is 1.96. The van der Waals surface area contributed by atoms with E-state index in [2.05, 4.69) is 6.92 Å². The van der Waals surface area contributed by atoms with Crippen LogP contribution in [0.15, 0.2) is 36.4 Å². The summed E-state index contributed by atoms with van der Waals surface area (Å²) in [6.45, 7) is 2.10. The minimum Gasteiger partial charge on any atom is -0.382 e. The summed E-state index contributed by atoms with van der Waals surface area (Å²) in [5.74, 6) is 1.61. The number of hydrogen-bond donors (Lipinski definition) is 0. The monoisotopic (exact) mass is 288 g/mol. The van der Waals surface area contributed by atoms with Crippen molar-refractivity contribution < 1.29 is 18.1 Å². The van der Waals surface area contributed by atoms with Crippen LogP contribution in [0.1, 0.15) is 18.9 Å². The van der Waals surface area contributed by atoms with Crippen molar-refractivity contribution in [3.63, 3.8) is 0 Å². The Bertz CT molecular complexity index is 739. The van der Waals surface area contributed by atoms with Gasteiger partial charge in [0, 0.05) is 5.56 Å². The van der Waals surface area contributed by atoms with E-state index in [9.17, 15) is 4.57 Å². The Morgan fingerprint density at radius 2 is 1.80 bits per heavy atom. The van der Waals surface area contributed by atoms with Crippen molar-refractivity contribution in [1.29, 1.82) is 0 Å². The number of benzene rings is 2. The van der Waals surface area contributed by atoms with Crippen LogP contribution in [0.5, 0.6) is 17.2 Å². The third kappa shape index (κ3) is 1.58. The fraction of sp³-hybridized carbons (Fsp3) is 0.200. The summed E-state index contributed by atoms with van der Waals surface area (Å²) in [6, 6.07) is 12.0. The number of hydrogen-bond acceptors (Lipinski definition) is 4. The van der Waals surface area contributed by atoms with Crippen molar-refractivity contribution in [2.45, 2.75) is 19.8 Å². The van der Waals surface area contributed by atoms with Gasteiger partial charge in [0.15, 0.2) is 11.5 Å². The van der Waals surface area contributed by atoms with Gasteiger partial charge in [0.05, 0.1) is 0 Å². The van der Waals surface area contributed by atoms with E-state index in [-0.39, 0.29) is 0 Å². The average Bonchev–Trinajstić information content (AvgIpc) is 2.96. The van der Waals surface area contributed by atoms with Gasteiger partial charge in [0.1, 0.15) is 0 Å². The van der Waals surface area contributed by atoms with E-state index in [1.54, 1.807) is 0 Å². The van der Waals surface area contributed by atoms with Gasteiger partial charge in [-0.05, 0) is 23.6 Å². The van der Waals surface area contributed by atoms with Gasteiger partial charge in [-0.2, -0.15) is 4.57 Å². The second kappa shape index (κ2) is 4.03. The van der Waals surface area contributed by atoms with E-state index in [1.807, 2.05) is 36.4 Å². The van der Waals surface area contributed by atoms with Gasteiger partial charge in [0.2, 0.25) is 5.75 Å². The maximum absolute atomic E-state index is 12.1. The summed E-state index contributed by atoms with van der Waals surface area (Å²) in [7, 11) is -3.41. The Labute approximate surface area is 116 Å². The number of fused-ring (bicyclic) bond motifs is 1. The third-order valence-corrected chi connectivity index (χ3v) is 4.74. The molecular weight excluding hydrogens is 275 g/mol. The van der Waals surface area contributed by atoms with Gasteiger partial charge in [0.25, 0.3) is 0 Å². The smallest absolute Gasteiger partial charge is 0.382 e. The maximum atomic E-state index is 12.1. The van der Waals surface area contributed by atoms with Crippen LogP contribution in [-0.2, 0) is 11.0 Å². The van der Waals surface area contributed by atoms with Crippen LogP contribution >= 0.6 is 7.82 Å². The zero-order valence-corrected chi connectivity index (χ0v) is 11.9. The normalized spacial score (nSPS) is 21.2. The van der Waals surface area contributed by atoms with Crippen LogP contribution in [0.25, 0.3) is 11.1 Å². The van der Waals surface area contributed by atoms with Crippen LogP contribution in [-0.4, -0.2) is 0 Å². The molecule has 0 saturated heterocycles. The lowest BCUT2D eigenvalue weighted by Gasteiger charge is -2.17. The lowest BCUT2D eigenvalue weighted by molar-refractivity contribution is 0.353. The Morgan fingerprint density at radius 3 is 2.50 bits per heavy atom. The molecule has 0 aromatic heterocycles. The largest absolute Gasteiger partial charge is 0.647 e. The SMILES string of the molecule is CCCc1c(-c2ccccc2)cc2c3c1OP(=O)(O2)O3. The molecular formula is C15H13O4P. The number of phosphoric acid groups is 1. The van der Waals surface area contributed by atoms with Crippen LogP contribution in [0, 0.1) is 0 Å². The highest BCUT2D eigenvalue weighted by atomic mass is 31.2. The Morgan fingerprint density at radius 1 is 1.05 bits per heavy atom. The van der Waals surface area contributed by atoms with E-state index in [0.717, 1.165) is 29.5 Å². The molecule has 2 aliphatic rings. The average molecular weight is 288 g/mol. The van der Waals surface area contributed by atoms with Crippen LogP contribution in [0.3, 0.4) is 0 Å². The van der Waals surface area contributed by atoms with E-state index in [0.29, 0.717) is 17.2 Å². The van der Waals surface area contributed by atoms with E-state index in [4.69, 9.17) is 13.6 Å². The van der Waals surface area contributed by atoms with Gasteiger partial charge >= 0.3 is 7.82 Å². The summed E-state index contributed by atoms with van der Waals surface area (Å²) in [6.07, 6.45) is 1.82. The zero-order chi connectivity index (χ0) is 13.7. The predicted octanol–water partition coefficient (Wildman–Crippen LogP) is 4.58. The molecule has 2 heterocycles. The molecule has 0 saturated carbocycles. The van der Waals surface area contributed by atoms with Crippen LogP contribution in [0.2, 0.25) is 0 Å². The molecule has 2 aromatic carbocycles. The standard InChI is InChI=1S/C15H13O4P/c1-2-6-11-12(10-7-4-3-5-8-10)9-13-15-14(11)18-20(16,17-13)19-15/h3-5,7-9H,2,6H2,1H3. The molecule has 102 valence electrons. The molecule has 1 unspecified atom stereocenters. The molecule has 5 heteroatoms. The first-order valence-electron chi connectivity index (χ1n) is 6.64. The number of rotatable bonds is 3. The first kappa shape index (κ1) is 11.9. The molecule has 0 fully saturated rings. The molecule has 2 bridgehead atoms. The summed E-state index contributed by atoms with van der Waals surface area (Å²) in [5.41, 5.74) is 3.19. The molecule has 2 aromatic rings. The lowest BCUT2D eigenvalue weighted by Crippen LogP contribution is -2.01. The van der Waals surface area contributed by atoms with Crippen molar-refractivity contribution in [2.75, 3.05) is 0 Å². The highest BCUT2D eigenvalue weighted by Gasteiger charge is 2.51. The fourth-order valence-corrected chi connectivity index (χ4v) is 3.98. The molecule has 4 rings (SSSR count). The van der Waals surface area contributed by atoms with Crippen molar-refractivity contribution >= 4 is 7.82 Å². The van der Waals surface area contributed by atoms with E-state index >= 15 is 0 Å². The second-order valence-electron chi connectivity index (χ2n) is 4.90. The van der Waals surface area contributed by atoms with Gasteiger partial charge in [-0.25, -0.2) is 0 Å². The van der Waals surface area contributed by atoms with Crippen molar-refractivity contribution in [2.24, 2.45) is 0 Å². The molecule has 0 amide bonds. The highest BCUT2D eigenvalue weighted by molar-refractivity contribution is 7.50. The first-order chi connectivity index (χ1) is 9.70. The maximum Gasteiger partial charge on any atom is 0.647 e. The Hall–Kier alpha value is -1.93. The lowest BCUT2D eigenvalue weighted by atomic mass is 9.95. The van der Waals surface area contributed by atoms with Crippen molar-refractivity contribution in [1.82, 2.24) is 0 Å². The molecule has 4 nitrogen and oxygen atoms in total. The fourth-order valence-electron chi connectivity index (χ4n) is 2.68. The topological polar surface area (TPSA) is 44.8 Å². The van der Waals surface area contributed by atoms with Gasteiger partial charge in [-0.3, -0.25) is 0 Å². The molecule has 20 heavy (non-hydrogen) atoms. The third-order valence-electron chi connectivity index (χ3n) is 3.51. The van der Waals surface area contributed by atoms with Crippen molar-refractivity contribution in [3.05, 3.63) is 42.0 Å². The van der Waals surface area contributed by atoms with Gasteiger partial charge in [-0.15, -0.1) is 0 Å². The minimum absolute atomic E-state index is 0.497. The van der Waals surface area contributed by atoms with Crippen molar-refractivity contribution in [3.8, 4) is 28.4 Å². The summed E-state index contributed by atoms with van der Waals surface area (Å²) >= 11 is 0. The van der Waals surface area contributed by atoms with Crippen LogP contribution < -0.4 is 13.6 Å². The summed E-state index contributed by atoms with van der Waals surface area (Å²) in [4.78, 5) is 0. The molecule has 1 atom stereocenters. The molecule has 2 aliphatic heterocycles. The summed E-state index contributed by atoms with van der Waals surface area (Å²) in [5, 5.41) is 0. The van der Waals surface area contributed by atoms with Crippen LogP contribution in [0.4, 0.5) is 0 Å². The molecule has 0 spiro atoms. The molecule has 0 N–H and O–H groups in total. The van der Waals surface area contributed by atoms with Gasteiger partial charge < -0.3 is 13.6 Å². The minimum atomic E-state index is -3.41. The van der Waals surface area contributed by atoms with E-state index in [1.165, 1.54) is 0 Å². The van der Waals surface area contributed by atoms with Gasteiger partial charge in [-0.1, -0.05) is 43.7 Å². The predicted molar refractivity (Wildman–Crippen MR) is 75.4 cm³/mol. The quantitative estimate of drug-likeness (QED) is 0.775. The first-order valence-corrected chi connectivity index (χ1v) is 8.10. The highest BCUT2D eigenvalue weighted by Crippen LogP contribution is 2.70.